The van der Waals surface area contributed by atoms with E-state index in [1.807, 2.05) is 0 Å². The van der Waals surface area contributed by atoms with Crippen molar-refractivity contribution in [2.24, 2.45) is 5.73 Å². The van der Waals surface area contributed by atoms with Gasteiger partial charge in [0.05, 0.1) is 0 Å². The van der Waals surface area contributed by atoms with Crippen molar-refractivity contribution in [1.29, 1.82) is 0 Å². The van der Waals surface area contributed by atoms with Crippen molar-refractivity contribution in [3.05, 3.63) is 41.2 Å². The maximum Gasteiger partial charge on any atom is 0.139 e. The molecular weight excluding hydrogens is 205 g/mol. The molecule has 2 nitrogen and oxygen atoms in total. The van der Waals surface area contributed by atoms with E-state index in [2.05, 4.69) is 0 Å². The molecule has 0 amide bonds. The van der Waals surface area contributed by atoms with E-state index in [0.717, 1.165) is 0 Å². The smallest absolute Gasteiger partial charge is 0.139 e. The molecule has 1 aromatic rings. The van der Waals surface area contributed by atoms with Crippen molar-refractivity contribution < 1.29 is 9.13 Å². The van der Waals surface area contributed by atoms with Gasteiger partial charge in [0.2, 0.25) is 0 Å². The maximum atomic E-state index is 12.8. The number of rotatable bonds is 4. The minimum atomic E-state index is -0.382. The van der Waals surface area contributed by atoms with Gasteiger partial charge in [-0.25, -0.2) is 4.39 Å². The Hall–Kier alpha value is -1.06. The normalized spacial score (nSPS) is 11.5. The first-order chi connectivity index (χ1) is 6.72. The summed E-state index contributed by atoms with van der Waals surface area (Å²) in [4.78, 5) is 0. The molecule has 0 unspecified atom stereocenters. The van der Waals surface area contributed by atoms with Crippen LogP contribution in [0.5, 0.6) is 5.75 Å². The van der Waals surface area contributed by atoms with Crippen LogP contribution in [0, 0.1) is 0 Å². The summed E-state index contributed by atoms with van der Waals surface area (Å²) in [5.74, 6) is 0.158. The fourth-order valence-electron chi connectivity index (χ4n) is 0.896. The molecule has 0 radical (unpaired) electrons. The molecule has 1 aromatic carbocycles. The lowest BCUT2D eigenvalue weighted by Crippen LogP contribution is -2.01. The lowest BCUT2D eigenvalue weighted by Gasteiger charge is -2.04. The van der Waals surface area contributed by atoms with Gasteiger partial charge in [0.25, 0.3) is 0 Å². The van der Waals surface area contributed by atoms with E-state index < -0.39 is 0 Å². The number of nitrogens with two attached hydrogens (primary N) is 1. The van der Waals surface area contributed by atoms with Gasteiger partial charge >= 0.3 is 0 Å². The number of halogens is 2. The minimum Gasteiger partial charge on any atom is -0.486 e. The molecular formula is C10H11ClFNO. The van der Waals surface area contributed by atoms with E-state index in [0.29, 0.717) is 10.8 Å². The Labute approximate surface area is 87.1 Å². The van der Waals surface area contributed by atoms with Crippen LogP contribution in [-0.2, 0) is 0 Å². The van der Waals surface area contributed by atoms with E-state index in [1.54, 1.807) is 24.3 Å². The third kappa shape index (κ3) is 3.77. The Bertz CT molecular complexity index is 328. The Morgan fingerprint density at radius 2 is 2.36 bits per heavy atom. The molecule has 0 atom stereocenters. The summed E-state index contributed by atoms with van der Waals surface area (Å²) in [6, 6.07) is 6.79. The summed E-state index contributed by atoms with van der Waals surface area (Å²) < 4.78 is 17.9. The lowest BCUT2D eigenvalue weighted by atomic mass is 10.3. The van der Waals surface area contributed by atoms with E-state index in [4.69, 9.17) is 22.1 Å². The molecule has 0 heterocycles. The monoisotopic (exact) mass is 215 g/mol. The Kier molecular flexibility index (Phi) is 4.43. The van der Waals surface area contributed by atoms with Crippen molar-refractivity contribution in [2.45, 2.75) is 0 Å². The van der Waals surface area contributed by atoms with E-state index in [1.165, 1.54) is 6.08 Å². The Morgan fingerprint density at radius 1 is 1.57 bits per heavy atom. The maximum absolute atomic E-state index is 12.8. The van der Waals surface area contributed by atoms with Crippen LogP contribution < -0.4 is 10.5 Å². The van der Waals surface area contributed by atoms with Crippen molar-refractivity contribution in [2.75, 3.05) is 13.2 Å². The molecule has 0 saturated carbocycles. The molecule has 14 heavy (non-hydrogen) atoms. The zero-order valence-corrected chi connectivity index (χ0v) is 8.30. The zero-order valence-electron chi connectivity index (χ0n) is 7.54. The van der Waals surface area contributed by atoms with Gasteiger partial charge < -0.3 is 10.5 Å². The van der Waals surface area contributed by atoms with Gasteiger partial charge in [-0.2, -0.15) is 0 Å². The molecule has 0 aliphatic rings. The van der Waals surface area contributed by atoms with Crippen LogP contribution in [0.2, 0.25) is 5.02 Å². The molecule has 1 rings (SSSR count). The van der Waals surface area contributed by atoms with Gasteiger partial charge in [-0.3, -0.25) is 0 Å². The van der Waals surface area contributed by atoms with Gasteiger partial charge in [0.15, 0.2) is 0 Å². The molecule has 76 valence electrons. The fourth-order valence-corrected chi connectivity index (χ4v) is 1.08. The van der Waals surface area contributed by atoms with Crippen molar-refractivity contribution in [1.82, 2.24) is 0 Å². The molecule has 0 saturated heterocycles. The van der Waals surface area contributed by atoms with Crippen LogP contribution in [0.4, 0.5) is 4.39 Å². The Balaban J connectivity index is 2.49. The van der Waals surface area contributed by atoms with E-state index >= 15 is 0 Å². The molecule has 0 aliphatic heterocycles. The van der Waals surface area contributed by atoms with E-state index in [-0.39, 0.29) is 19.0 Å². The number of hydrogen-bond donors (Lipinski definition) is 1. The summed E-state index contributed by atoms with van der Waals surface area (Å²) >= 11 is 5.71. The van der Waals surface area contributed by atoms with Crippen LogP contribution >= 0.6 is 11.6 Å². The molecule has 0 fully saturated rings. The quantitative estimate of drug-likeness (QED) is 0.838. The Morgan fingerprint density at radius 3 is 3.00 bits per heavy atom. The average Bonchev–Trinajstić information content (AvgIpc) is 2.15. The number of hydrogen-bond acceptors (Lipinski definition) is 2. The van der Waals surface area contributed by atoms with Crippen molar-refractivity contribution >= 4 is 11.6 Å². The summed E-state index contributed by atoms with van der Waals surface area (Å²) in [7, 11) is 0. The summed E-state index contributed by atoms with van der Waals surface area (Å²) in [5, 5.41) is 0.561. The topological polar surface area (TPSA) is 35.2 Å². The van der Waals surface area contributed by atoms with E-state index in [9.17, 15) is 4.39 Å². The van der Waals surface area contributed by atoms with Crippen LogP contribution in [0.25, 0.3) is 0 Å². The molecule has 0 bridgehead atoms. The SMILES string of the molecule is NC/C=C(/F)COc1cccc(Cl)c1. The highest BCUT2D eigenvalue weighted by Crippen LogP contribution is 2.17. The second kappa shape index (κ2) is 5.62. The van der Waals surface area contributed by atoms with Gasteiger partial charge in [0, 0.05) is 11.6 Å². The standard InChI is InChI=1S/C10H11ClFNO/c11-8-2-1-3-10(6-8)14-7-9(12)4-5-13/h1-4,6H,5,7,13H2/b9-4+. The third-order valence-corrected chi connectivity index (χ3v) is 1.75. The lowest BCUT2D eigenvalue weighted by molar-refractivity contribution is 0.318. The number of ether oxygens (including phenoxy) is 1. The highest BCUT2D eigenvalue weighted by molar-refractivity contribution is 6.30. The zero-order chi connectivity index (χ0) is 10.4. The van der Waals surface area contributed by atoms with Gasteiger partial charge in [-0.1, -0.05) is 17.7 Å². The first-order valence-electron chi connectivity index (χ1n) is 4.15. The molecule has 2 N–H and O–H groups in total. The van der Waals surface area contributed by atoms with Crippen LogP contribution in [-0.4, -0.2) is 13.2 Å². The highest BCUT2D eigenvalue weighted by atomic mass is 35.5. The van der Waals surface area contributed by atoms with Gasteiger partial charge in [-0.15, -0.1) is 0 Å². The molecule has 0 aromatic heterocycles. The van der Waals surface area contributed by atoms with Crippen molar-refractivity contribution in [3.8, 4) is 5.75 Å². The summed E-state index contributed by atoms with van der Waals surface area (Å²) in [6.07, 6.45) is 1.27. The van der Waals surface area contributed by atoms with Gasteiger partial charge in [0.1, 0.15) is 18.2 Å². The van der Waals surface area contributed by atoms with Crippen molar-refractivity contribution in [3.63, 3.8) is 0 Å². The average molecular weight is 216 g/mol. The predicted molar refractivity (Wildman–Crippen MR) is 55.2 cm³/mol. The molecule has 0 spiro atoms. The summed E-state index contributed by atoms with van der Waals surface area (Å²) in [5.41, 5.74) is 5.13. The van der Waals surface area contributed by atoms with Gasteiger partial charge in [-0.05, 0) is 24.3 Å². The van der Waals surface area contributed by atoms with Crippen LogP contribution in [0.15, 0.2) is 36.2 Å². The fraction of sp³-hybridized carbons (Fsp3) is 0.200. The van der Waals surface area contributed by atoms with Crippen LogP contribution in [0.3, 0.4) is 0 Å². The summed E-state index contributed by atoms with van der Waals surface area (Å²) in [6.45, 7) is 0.0578. The second-order valence-corrected chi connectivity index (χ2v) is 3.07. The second-order valence-electron chi connectivity index (χ2n) is 2.63. The first kappa shape index (κ1) is 11.0. The largest absolute Gasteiger partial charge is 0.486 e. The highest BCUT2D eigenvalue weighted by Gasteiger charge is 1.97. The first-order valence-corrected chi connectivity index (χ1v) is 4.53. The molecule has 4 heteroatoms. The minimum absolute atomic E-state index is 0.114. The molecule has 0 aliphatic carbocycles. The van der Waals surface area contributed by atoms with Crippen LogP contribution in [0.1, 0.15) is 0 Å². The third-order valence-electron chi connectivity index (χ3n) is 1.51. The number of benzene rings is 1. The predicted octanol–water partition coefficient (Wildman–Crippen LogP) is 2.53.